The molecule has 3 rings (SSSR count). The van der Waals surface area contributed by atoms with Crippen LogP contribution in [0, 0.1) is 0 Å². The van der Waals surface area contributed by atoms with Gasteiger partial charge in [0, 0.05) is 58.4 Å². The first-order valence-electron chi connectivity index (χ1n) is 7.31. The van der Waals surface area contributed by atoms with Crippen LogP contribution in [0.1, 0.15) is 17.7 Å². The predicted molar refractivity (Wildman–Crippen MR) is 82.3 cm³/mol. The molecule has 1 fully saturated rings. The molecule has 0 atom stereocenters. The number of piperazine rings is 1. The fourth-order valence-corrected chi connectivity index (χ4v) is 2.82. The van der Waals surface area contributed by atoms with E-state index in [9.17, 15) is 4.79 Å². The second-order valence-corrected chi connectivity index (χ2v) is 5.40. The molecule has 2 aliphatic rings. The molecule has 1 aromatic rings. The molecule has 21 heavy (non-hydrogen) atoms. The van der Waals surface area contributed by atoms with Crippen LogP contribution in [0.3, 0.4) is 0 Å². The normalized spacial score (nSPS) is 18.8. The maximum Gasteiger partial charge on any atom is 0.223 e. The van der Waals surface area contributed by atoms with Crippen LogP contribution in [-0.4, -0.2) is 64.9 Å². The number of carbonyl (C=O) groups is 1. The van der Waals surface area contributed by atoms with Gasteiger partial charge in [-0.2, -0.15) is 0 Å². The highest BCUT2D eigenvalue weighted by atomic mass is 35.5. The zero-order valence-electron chi connectivity index (χ0n) is 12.1. The van der Waals surface area contributed by atoms with Crippen molar-refractivity contribution in [2.24, 2.45) is 0 Å². The molecule has 1 saturated heterocycles. The van der Waals surface area contributed by atoms with Gasteiger partial charge in [-0.1, -0.05) is 0 Å². The van der Waals surface area contributed by atoms with Crippen molar-refractivity contribution in [2.75, 3.05) is 39.3 Å². The van der Waals surface area contributed by atoms with Crippen LogP contribution >= 0.6 is 12.4 Å². The molecule has 0 bridgehead atoms. The first-order chi connectivity index (χ1) is 9.83. The molecule has 0 unspecified atom stereocenters. The minimum Gasteiger partial charge on any atom is -0.340 e. The van der Waals surface area contributed by atoms with Crippen LogP contribution in [0.25, 0.3) is 0 Å². The largest absolute Gasteiger partial charge is 0.340 e. The van der Waals surface area contributed by atoms with E-state index in [2.05, 4.69) is 20.2 Å². The smallest absolute Gasteiger partial charge is 0.223 e. The first-order valence-corrected chi connectivity index (χ1v) is 7.31. The number of halogens is 1. The van der Waals surface area contributed by atoms with Crippen molar-refractivity contribution in [3.8, 4) is 0 Å². The van der Waals surface area contributed by atoms with Crippen molar-refractivity contribution < 1.29 is 4.79 Å². The van der Waals surface area contributed by atoms with Crippen LogP contribution in [0.2, 0.25) is 0 Å². The number of amides is 1. The van der Waals surface area contributed by atoms with Crippen LogP contribution in [0.4, 0.5) is 0 Å². The molecule has 7 heteroatoms. The van der Waals surface area contributed by atoms with Crippen LogP contribution in [-0.2, 0) is 17.8 Å². The summed E-state index contributed by atoms with van der Waals surface area (Å²) in [6.45, 7) is 6.18. The van der Waals surface area contributed by atoms with E-state index in [1.54, 1.807) is 6.33 Å². The highest BCUT2D eigenvalue weighted by Gasteiger charge is 2.20. The molecule has 1 N–H and O–H groups in total. The summed E-state index contributed by atoms with van der Waals surface area (Å²) in [5.41, 5.74) is 2.36. The van der Waals surface area contributed by atoms with Gasteiger partial charge in [-0.3, -0.25) is 9.69 Å². The molecule has 0 saturated carbocycles. The van der Waals surface area contributed by atoms with E-state index in [0.717, 1.165) is 57.9 Å². The zero-order valence-corrected chi connectivity index (χ0v) is 12.9. The van der Waals surface area contributed by atoms with Crippen LogP contribution in [0.5, 0.6) is 0 Å². The molecule has 0 aromatic carbocycles. The van der Waals surface area contributed by atoms with E-state index >= 15 is 0 Å². The summed E-state index contributed by atoms with van der Waals surface area (Å²) >= 11 is 0. The SMILES string of the molecule is Cl.O=C(CCN1CCc2cncnc2C1)N1CCNCC1. The predicted octanol–water partition coefficient (Wildman–Crippen LogP) is 0.0784. The number of fused-ring (bicyclic) bond motifs is 1. The molecule has 3 heterocycles. The molecule has 1 aromatic heterocycles. The molecular weight excluding hydrogens is 290 g/mol. The maximum absolute atomic E-state index is 12.1. The molecule has 0 spiro atoms. The lowest BCUT2D eigenvalue weighted by Gasteiger charge is -2.30. The summed E-state index contributed by atoms with van der Waals surface area (Å²) in [5, 5.41) is 3.27. The minimum atomic E-state index is 0. The van der Waals surface area contributed by atoms with E-state index in [1.807, 2.05) is 11.1 Å². The number of hydrogen-bond donors (Lipinski definition) is 1. The topological polar surface area (TPSA) is 61.4 Å². The highest BCUT2D eigenvalue weighted by Crippen LogP contribution is 2.15. The van der Waals surface area contributed by atoms with Gasteiger partial charge in [-0.25, -0.2) is 9.97 Å². The third kappa shape index (κ3) is 4.12. The van der Waals surface area contributed by atoms with Gasteiger partial charge in [0.25, 0.3) is 0 Å². The molecule has 0 radical (unpaired) electrons. The highest BCUT2D eigenvalue weighted by molar-refractivity contribution is 5.85. The van der Waals surface area contributed by atoms with Crippen molar-refractivity contribution in [3.63, 3.8) is 0 Å². The number of nitrogens with one attached hydrogen (secondary N) is 1. The molecule has 0 aliphatic carbocycles. The van der Waals surface area contributed by atoms with Gasteiger partial charge in [0.1, 0.15) is 6.33 Å². The van der Waals surface area contributed by atoms with Gasteiger partial charge >= 0.3 is 0 Å². The fourth-order valence-electron chi connectivity index (χ4n) is 2.82. The lowest BCUT2D eigenvalue weighted by Crippen LogP contribution is -2.47. The van der Waals surface area contributed by atoms with Crippen molar-refractivity contribution in [1.29, 1.82) is 0 Å². The van der Waals surface area contributed by atoms with Crippen molar-refractivity contribution in [1.82, 2.24) is 25.1 Å². The number of nitrogens with zero attached hydrogens (tertiary/aromatic N) is 4. The van der Waals surface area contributed by atoms with Gasteiger partial charge in [-0.15, -0.1) is 12.4 Å². The first kappa shape index (κ1) is 16.1. The number of aromatic nitrogens is 2. The van der Waals surface area contributed by atoms with Gasteiger partial charge < -0.3 is 10.2 Å². The lowest BCUT2D eigenvalue weighted by molar-refractivity contribution is -0.132. The van der Waals surface area contributed by atoms with Crippen molar-refractivity contribution >= 4 is 18.3 Å². The molecule has 2 aliphatic heterocycles. The molecule has 1 amide bonds. The fraction of sp³-hybridized carbons (Fsp3) is 0.643. The molecule has 6 nitrogen and oxygen atoms in total. The van der Waals surface area contributed by atoms with Gasteiger partial charge in [0.15, 0.2) is 0 Å². The monoisotopic (exact) mass is 311 g/mol. The Morgan fingerprint density at radius 3 is 2.90 bits per heavy atom. The van der Waals surface area contributed by atoms with Gasteiger partial charge in [0.2, 0.25) is 5.91 Å². The Kier molecular flexibility index (Phi) is 5.90. The Labute approximate surface area is 131 Å². The Morgan fingerprint density at radius 1 is 1.29 bits per heavy atom. The average molecular weight is 312 g/mol. The Bertz CT molecular complexity index is 478. The second-order valence-electron chi connectivity index (χ2n) is 5.40. The van der Waals surface area contributed by atoms with E-state index in [4.69, 9.17) is 0 Å². The number of hydrogen-bond acceptors (Lipinski definition) is 5. The third-order valence-electron chi connectivity index (χ3n) is 4.06. The Hall–Kier alpha value is -1.24. The summed E-state index contributed by atoms with van der Waals surface area (Å²) in [7, 11) is 0. The summed E-state index contributed by atoms with van der Waals surface area (Å²) in [4.78, 5) is 24.8. The summed E-state index contributed by atoms with van der Waals surface area (Å²) in [5.74, 6) is 0.278. The number of rotatable bonds is 3. The standard InChI is InChI=1S/C14H21N5O.ClH/c20-14(19-7-3-15-4-8-19)2-6-18-5-1-12-9-16-11-17-13(12)10-18;/h9,11,15H,1-8,10H2;1H. The summed E-state index contributed by atoms with van der Waals surface area (Å²) in [6.07, 6.45) is 5.11. The van der Waals surface area contributed by atoms with Gasteiger partial charge in [-0.05, 0) is 12.0 Å². The Morgan fingerprint density at radius 2 is 2.10 bits per heavy atom. The average Bonchev–Trinajstić information content (AvgIpc) is 2.53. The van der Waals surface area contributed by atoms with Crippen molar-refractivity contribution in [3.05, 3.63) is 23.8 Å². The maximum atomic E-state index is 12.1. The summed E-state index contributed by atoms with van der Waals surface area (Å²) < 4.78 is 0. The van der Waals surface area contributed by atoms with Crippen LogP contribution in [0.15, 0.2) is 12.5 Å². The van der Waals surface area contributed by atoms with Crippen molar-refractivity contribution in [2.45, 2.75) is 19.4 Å². The minimum absolute atomic E-state index is 0. The van der Waals surface area contributed by atoms with Crippen LogP contribution < -0.4 is 5.32 Å². The summed E-state index contributed by atoms with van der Waals surface area (Å²) in [6, 6.07) is 0. The lowest BCUT2D eigenvalue weighted by atomic mass is 10.1. The zero-order chi connectivity index (χ0) is 13.8. The quantitative estimate of drug-likeness (QED) is 0.856. The second kappa shape index (κ2) is 7.68. The van der Waals surface area contributed by atoms with E-state index in [-0.39, 0.29) is 18.3 Å². The third-order valence-corrected chi connectivity index (χ3v) is 4.06. The number of carbonyl (C=O) groups excluding carboxylic acids is 1. The Balaban J connectivity index is 0.00000161. The molecule has 116 valence electrons. The van der Waals surface area contributed by atoms with Gasteiger partial charge in [0.05, 0.1) is 5.69 Å². The molecular formula is C14H22ClN5O. The van der Waals surface area contributed by atoms with E-state index in [0.29, 0.717) is 6.42 Å². The van der Waals surface area contributed by atoms with E-state index < -0.39 is 0 Å². The van der Waals surface area contributed by atoms with E-state index in [1.165, 1.54) is 5.56 Å².